The largest absolute Gasteiger partial charge is 0.487 e. The van der Waals surface area contributed by atoms with Crippen molar-refractivity contribution >= 4 is 5.91 Å². The number of amides is 1. The Kier molecular flexibility index (Phi) is 4.54. The minimum Gasteiger partial charge on any atom is -0.487 e. The molecule has 1 aliphatic rings. The third-order valence-electron chi connectivity index (χ3n) is 3.63. The highest BCUT2D eigenvalue weighted by molar-refractivity contribution is 5.77. The van der Waals surface area contributed by atoms with E-state index < -0.39 is 0 Å². The van der Waals surface area contributed by atoms with E-state index in [1.165, 1.54) is 7.11 Å². The predicted octanol–water partition coefficient (Wildman–Crippen LogP) is 2.07. The maximum atomic E-state index is 11.8. The van der Waals surface area contributed by atoms with Gasteiger partial charge in [0.05, 0.1) is 6.04 Å². The standard InChI is InChI=1S/C16H24N2O3/c1-10(17)11-5-6-14-12(7-11)13(8-16(2,3)21-14)18-15(19)9-20-4/h5-7,10,13H,8-9,17H2,1-4H3,(H,18,19). The molecular formula is C16H24N2O3. The lowest BCUT2D eigenvalue weighted by atomic mass is 9.88. The first-order valence-corrected chi connectivity index (χ1v) is 7.19. The van der Waals surface area contributed by atoms with Crippen molar-refractivity contribution in [1.82, 2.24) is 5.32 Å². The molecule has 2 atom stereocenters. The van der Waals surface area contributed by atoms with E-state index in [4.69, 9.17) is 15.2 Å². The lowest BCUT2D eigenvalue weighted by Crippen LogP contribution is -2.42. The second-order valence-electron chi connectivity index (χ2n) is 6.20. The highest BCUT2D eigenvalue weighted by atomic mass is 16.5. The van der Waals surface area contributed by atoms with Crippen LogP contribution >= 0.6 is 0 Å². The normalized spacial score (nSPS) is 21.1. The van der Waals surface area contributed by atoms with E-state index in [1.54, 1.807) is 0 Å². The van der Waals surface area contributed by atoms with Gasteiger partial charge >= 0.3 is 0 Å². The molecule has 21 heavy (non-hydrogen) atoms. The van der Waals surface area contributed by atoms with Gasteiger partial charge in [-0.1, -0.05) is 6.07 Å². The van der Waals surface area contributed by atoms with E-state index in [1.807, 2.05) is 39.0 Å². The first kappa shape index (κ1) is 15.8. The first-order chi connectivity index (χ1) is 9.82. The molecule has 1 aromatic carbocycles. The number of rotatable bonds is 4. The zero-order chi connectivity index (χ0) is 15.6. The SMILES string of the molecule is COCC(=O)NC1CC(C)(C)Oc2ccc(C(C)N)cc21. The molecule has 0 aliphatic carbocycles. The van der Waals surface area contributed by atoms with Crippen molar-refractivity contribution in [2.75, 3.05) is 13.7 Å². The molecule has 2 unspecified atom stereocenters. The summed E-state index contributed by atoms with van der Waals surface area (Å²) < 4.78 is 10.9. The van der Waals surface area contributed by atoms with E-state index in [-0.39, 0.29) is 30.2 Å². The molecule has 3 N–H and O–H groups in total. The average Bonchev–Trinajstić information content (AvgIpc) is 2.37. The van der Waals surface area contributed by atoms with Gasteiger partial charge in [-0.2, -0.15) is 0 Å². The maximum absolute atomic E-state index is 11.8. The third kappa shape index (κ3) is 3.74. The van der Waals surface area contributed by atoms with Gasteiger partial charge < -0.3 is 20.5 Å². The van der Waals surface area contributed by atoms with Crippen molar-refractivity contribution in [2.45, 2.75) is 44.9 Å². The molecule has 0 bridgehead atoms. The molecule has 5 heteroatoms. The molecular weight excluding hydrogens is 268 g/mol. The van der Waals surface area contributed by atoms with Crippen molar-refractivity contribution in [2.24, 2.45) is 5.73 Å². The molecule has 1 heterocycles. The van der Waals surface area contributed by atoms with Crippen LogP contribution in [0.2, 0.25) is 0 Å². The summed E-state index contributed by atoms with van der Waals surface area (Å²) in [4.78, 5) is 11.8. The van der Waals surface area contributed by atoms with E-state index >= 15 is 0 Å². The summed E-state index contributed by atoms with van der Waals surface area (Å²) in [6, 6.07) is 5.78. The molecule has 0 fully saturated rings. The number of ether oxygens (including phenoxy) is 2. The Morgan fingerprint density at radius 3 is 2.90 bits per heavy atom. The lowest BCUT2D eigenvalue weighted by molar-refractivity contribution is -0.126. The smallest absolute Gasteiger partial charge is 0.246 e. The fourth-order valence-corrected chi connectivity index (χ4v) is 2.65. The number of nitrogens with two attached hydrogens (primary N) is 1. The van der Waals surface area contributed by atoms with E-state index in [0.29, 0.717) is 6.42 Å². The fourth-order valence-electron chi connectivity index (χ4n) is 2.65. The molecule has 1 aliphatic heterocycles. The van der Waals surface area contributed by atoms with Crippen LogP contribution in [0, 0.1) is 0 Å². The van der Waals surface area contributed by atoms with Gasteiger partial charge in [-0.25, -0.2) is 0 Å². The maximum Gasteiger partial charge on any atom is 0.246 e. The topological polar surface area (TPSA) is 73.6 Å². The van der Waals surface area contributed by atoms with Crippen LogP contribution in [0.1, 0.15) is 50.4 Å². The van der Waals surface area contributed by atoms with Crippen LogP contribution in [0.5, 0.6) is 5.75 Å². The van der Waals surface area contributed by atoms with Crippen LogP contribution in [0.15, 0.2) is 18.2 Å². The Hall–Kier alpha value is -1.59. The van der Waals surface area contributed by atoms with Crippen LogP contribution in [-0.4, -0.2) is 25.2 Å². The summed E-state index contributed by atoms with van der Waals surface area (Å²) in [5, 5.41) is 3.01. The van der Waals surface area contributed by atoms with Crippen molar-refractivity contribution in [3.63, 3.8) is 0 Å². The minimum atomic E-state index is -0.326. The van der Waals surface area contributed by atoms with E-state index in [0.717, 1.165) is 16.9 Å². The number of carbonyl (C=O) groups is 1. The van der Waals surface area contributed by atoms with Crippen LogP contribution in [0.25, 0.3) is 0 Å². The number of hydrogen-bond donors (Lipinski definition) is 2. The molecule has 116 valence electrons. The Morgan fingerprint density at radius 1 is 1.57 bits per heavy atom. The van der Waals surface area contributed by atoms with Gasteiger partial charge in [0.2, 0.25) is 5.91 Å². The van der Waals surface area contributed by atoms with Gasteiger partial charge in [0.15, 0.2) is 0 Å². The van der Waals surface area contributed by atoms with Gasteiger partial charge in [0, 0.05) is 25.1 Å². The summed E-state index contributed by atoms with van der Waals surface area (Å²) in [5.41, 5.74) is 7.63. The van der Waals surface area contributed by atoms with E-state index in [9.17, 15) is 4.79 Å². The second-order valence-corrected chi connectivity index (χ2v) is 6.20. The average molecular weight is 292 g/mol. The predicted molar refractivity (Wildman–Crippen MR) is 81.1 cm³/mol. The lowest BCUT2D eigenvalue weighted by Gasteiger charge is -2.38. The van der Waals surface area contributed by atoms with Gasteiger partial charge in [-0.05, 0) is 38.5 Å². The zero-order valence-electron chi connectivity index (χ0n) is 13.1. The molecule has 2 rings (SSSR count). The third-order valence-corrected chi connectivity index (χ3v) is 3.63. The van der Waals surface area contributed by atoms with Crippen molar-refractivity contribution < 1.29 is 14.3 Å². The van der Waals surface area contributed by atoms with Crippen molar-refractivity contribution in [3.05, 3.63) is 29.3 Å². The summed E-state index contributed by atoms with van der Waals surface area (Å²) in [7, 11) is 1.51. The van der Waals surface area contributed by atoms with Crippen molar-refractivity contribution in [3.8, 4) is 5.75 Å². The van der Waals surface area contributed by atoms with Gasteiger partial charge in [0.25, 0.3) is 0 Å². The van der Waals surface area contributed by atoms with E-state index in [2.05, 4.69) is 5.32 Å². The molecule has 5 nitrogen and oxygen atoms in total. The molecule has 0 aromatic heterocycles. The summed E-state index contributed by atoms with van der Waals surface area (Å²) >= 11 is 0. The number of hydrogen-bond acceptors (Lipinski definition) is 4. The molecule has 0 spiro atoms. The number of methoxy groups -OCH3 is 1. The monoisotopic (exact) mass is 292 g/mol. The van der Waals surface area contributed by atoms with Crippen molar-refractivity contribution in [1.29, 1.82) is 0 Å². The Morgan fingerprint density at radius 2 is 2.29 bits per heavy atom. The van der Waals surface area contributed by atoms with Gasteiger partial charge in [0.1, 0.15) is 18.0 Å². The van der Waals surface area contributed by atoms with Crippen LogP contribution in [0.4, 0.5) is 0 Å². The number of nitrogens with one attached hydrogen (secondary N) is 1. The summed E-state index contributed by atoms with van der Waals surface area (Å²) in [6.45, 7) is 6.03. The molecule has 0 saturated heterocycles. The molecule has 1 amide bonds. The number of carbonyl (C=O) groups excluding carboxylic acids is 1. The Balaban J connectivity index is 2.33. The van der Waals surface area contributed by atoms with Crippen LogP contribution in [-0.2, 0) is 9.53 Å². The van der Waals surface area contributed by atoms with Gasteiger partial charge in [-0.15, -0.1) is 0 Å². The van der Waals surface area contributed by atoms with Crippen LogP contribution in [0.3, 0.4) is 0 Å². The van der Waals surface area contributed by atoms with Crippen LogP contribution < -0.4 is 15.8 Å². The molecule has 0 radical (unpaired) electrons. The first-order valence-electron chi connectivity index (χ1n) is 7.19. The number of benzene rings is 1. The highest BCUT2D eigenvalue weighted by Gasteiger charge is 2.34. The number of fused-ring (bicyclic) bond motifs is 1. The minimum absolute atomic E-state index is 0.0550. The highest BCUT2D eigenvalue weighted by Crippen LogP contribution is 2.40. The molecule has 1 aromatic rings. The Bertz CT molecular complexity index is 526. The summed E-state index contributed by atoms with van der Waals surface area (Å²) in [5.74, 6) is 0.677. The quantitative estimate of drug-likeness (QED) is 0.891. The zero-order valence-corrected chi connectivity index (χ0v) is 13.1. The second kappa shape index (κ2) is 6.03. The Labute approximate surface area is 125 Å². The van der Waals surface area contributed by atoms with Gasteiger partial charge in [-0.3, -0.25) is 4.79 Å². The summed E-state index contributed by atoms with van der Waals surface area (Å²) in [6.07, 6.45) is 0.706. The fraction of sp³-hybridized carbons (Fsp3) is 0.562. The molecule has 0 saturated carbocycles.